The summed E-state index contributed by atoms with van der Waals surface area (Å²) in [7, 11) is 0. The molecule has 2 aliphatic rings. The van der Waals surface area contributed by atoms with Gasteiger partial charge in [-0.15, -0.1) is 10.2 Å². The maximum atomic E-state index is 13.5. The minimum absolute atomic E-state index is 0.0222. The Hall–Kier alpha value is -2.35. The molecule has 1 aromatic heterocycles. The normalized spacial score (nSPS) is 18.2. The molecule has 1 aromatic carbocycles. The molecule has 0 saturated carbocycles. The Labute approximate surface area is 156 Å². The number of benzene rings is 1. The smallest absolute Gasteiger partial charge is 0.254 e. The summed E-state index contributed by atoms with van der Waals surface area (Å²) in [6.07, 6.45) is 4.47. The molecule has 0 N–H and O–H groups in total. The van der Waals surface area contributed by atoms with Crippen LogP contribution in [-0.4, -0.2) is 50.1 Å². The number of rotatable bonds is 3. The molecular weight excluding hydrogens is 352 g/mol. The highest BCUT2D eigenvalue weighted by Crippen LogP contribution is 2.19. The van der Waals surface area contributed by atoms with Crippen LogP contribution in [0.2, 0.25) is 0 Å². The molecule has 1 fully saturated rings. The summed E-state index contributed by atoms with van der Waals surface area (Å²) in [6.45, 7) is 4.49. The lowest BCUT2D eigenvalue weighted by molar-refractivity contribution is 0.0742. The second-order valence-electron chi connectivity index (χ2n) is 7.26. The Balaban J connectivity index is 1.50. The lowest BCUT2D eigenvalue weighted by atomic mass is 10.1. The number of carbonyl (C=O) groups is 1. The number of hydrogen-bond donors (Lipinski definition) is 0. The van der Waals surface area contributed by atoms with Crippen LogP contribution in [0.4, 0.5) is 8.78 Å². The van der Waals surface area contributed by atoms with E-state index in [0.717, 1.165) is 62.4 Å². The average molecular weight is 375 g/mol. The van der Waals surface area contributed by atoms with Gasteiger partial charge in [0, 0.05) is 24.7 Å². The first kappa shape index (κ1) is 18.0. The molecular formula is C19H23F2N5O. The highest BCUT2D eigenvalue weighted by atomic mass is 19.1. The molecule has 6 nitrogen and oxygen atoms in total. The average Bonchev–Trinajstić information content (AvgIpc) is 2.89. The van der Waals surface area contributed by atoms with Gasteiger partial charge in [0.15, 0.2) is 5.82 Å². The zero-order valence-electron chi connectivity index (χ0n) is 15.2. The summed E-state index contributed by atoms with van der Waals surface area (Å²) in [5.74, 6) is -0.231. The van der Waals surface area contributed by atoms with Crippen molar-refractivity contribution >= 4 is 5.91 Å². The van der Waals surface area contributed by atoms with Crippen molar-refractivity contribution in [2.45, 2.75) is 45.3 Å². The SMILES string of the molecule is O=C(c1cc(F)cc(F)c1)N1CCCn2c(CN3CCCCC3)nnc2C1. The zero-order chi connectivity index (χ0) is 18.8. The van der Waals surface area contributed by atoms with Crippen molar-refractivity contribution in [2.75, 3.05) is 19.6 Å². The van der Waals surface area contributed by atoms with E-state index in [1.807, 2.05) is 0 Å². The predicted octanol–water partition coefficient (Wildman–Crippen LogP) is 2.59. The van der Waals surface area contributed by atoms with Crippen molar-refractivity contribution in [1.29, 1.82) is 0 Å². The van der Waals surface area contributed by atoms with E-state index in [4.69, 9.17) is 0 Å². The number of amides is 1. The minimum Gasteiger partial charge on any atom is -0.331 e. The fourth-order valence-corrected chi connectivity index (χ4v) is 3.88. The maximum absolute atomic E-state index is 13.5. The Morgan fingerprint density at radius 2 is 1.67 bits per heavy atom. The summed E-state index contributed by atoms with van der Waals surface area (Å²) in [5.41, 5.74) is 0.0222. The van der Waals surface area contributed by atoms with Crippen LogP contribution in [0.5, 0.6) is 0 Å². The first-order chi connectivity index (χ1) is 13.1. The first-order valence-corrected chi connectivity index (χ1v) is 9.49. The molecule has 0 atom stereocenters. The Morgan fingerprint density at radius 3 is 2.41 bits per heavy atom. The molecule has 27 heavy (non-hydrogen) atoms. The van der Waals surface area contributed by atoms with Crippen LogP contribution >= 0.6 is 0 Å². The molecule has 2 aromatic rings. The first-order valence-electron chi connectivity index (χ1n) is 9.49. The van der Waals surface area contributed by atoms with Crippen LogP contribution < -0.4 is 0 Å². The van der Waals surface area contributed by atoms with Gasteiger partial charge in [0.2, 0.25) is 0 Å². The van der Waals surface area contributed by atoms with Crippen LogP contribution in [0.1, 0.15) is 47.7 Å². The van der Waals surface area contributed by atoms with E-state index in [9.17, 15) is 13.6 Å². The van der Waals surface area contributed by atoms with Gasteiger partial charge >= 0.3 is 0 Å². The summed E-state index contributed by atoms with van der Waals surface area (Å²) in [4.78, 5) is 16.7. The number of hydrogen-bond acceptors (Lipinski definition) is 4. The van der Waals surface area contributed by atoms with Gasteiger partial charge in [0.25, 0.3) is 5.91 Å². The molecule has 0 bridgehead atoms. The predicted molar refractivity (Wildman–Crippen MR) is 94.9 cm³/mol. The molecule has 4 rings (SSSR count). The lowest BCUT2D eigenvalue weighted by Crippen LogP contribution is -2.31. The van der Waals surface area contributed by atoms with Gasteiger partial charge in [-0.3, -0.25) is 9.69 Å². The second-order valence-corrected chi connectivity index (χ2v) is 7.26. The van der Waals surface area contributed by atoms with Gasteiger partial charge in [-0.2, -0.15) is 0 Å². The number of fused-ring (bicyclic) bond motifs is 1. The number of likely N-dealkylation sites (tertiary alicyclic amines) is 1. The minimum atomic E-state index is -0.750. The van der Waals surface area contributed by atoms with Gasteiger partial charge in [-0.25, -0.2) is 8.78 Å². The third kappa shape index (κ3) is 4.00. The fourth-order valence-electron chi connectivity index (χ4n) is 3.88. The van der Waals surface area contributed by atoms with Gasteiger partial charge in [0.1, 0.15) is 17.5 Å². The number of halogens is 2. The molecule has 144 valence electrons. The number of aromatic nitrogens is 3. The lowest BCUT2D eigenvalue weighted by Gasteiger charge is -2.25. The highest BCUT2D eigenvalue weighted by Gasteiger charge is 2.25. The topological polar surface area (TPSA) is 54.3 Å². The second kappa shape index (κ2) is 7.72. The van der Waals surface area contributed by atoms with Crippen molar-refractivity contribution in [3.8, 4) is 0 Å². The van der Waals surface area contributed by atoms with Crippen molar-refractivity contribution < 1.29 is 13.6 Å². The van der Waals surface area contributed by atoms with Crippen molar-refractivity contribution in [3.63, 3.8) is 0 Å². The van der Waals surface area contributed by atoms with Crippen LogP contribution in [0.3, 0.4) is 0 Å². The number of carbonyl (C=O) groups excluding carboxylic acids is 1. The van der Waals surface area contributed by atoms with E-state index >= 15 is 0 Å². The number of nitrogens with zero attached hydrogens (tertiary/aromatic N) is 5. The Bertz CT molecular complexity index is 811. The fraction of sp³-hybridized carbons (Fsp3) is 0.526. The van der Waals surface area contributed by atoms with Crippen molar-refractivity contribution in [3.05, 3.63) is 47.0 Å². The Kier molecular flexibility index (Phi) is 5.15. The third-order valence-corrected chi connectivity index (χ3v) is 5.26. The molecule has 0 radical (unpaired) electrons. The molecule has 8 heteroatoms. The van der Waals surface area contributed by atoms with E-state index in [1.165, 1.54) is 19.3 Å². The monoisotopic (exact) mass is 375 g/mol. The molecule has 3 heterocycles. The van der Waals surface area contributed by atoms with Crippen LogP contribution in [-0.2, 0) is 19.6 Å². The summed E-state index contributed by atoms with van der Waals surface area (Å²) in [6, 6.07) is 2.91. The van der Waals surface area contributed by atoms with E-state index in [1.54, 1.807) is 4.90 Å². The summed E-state index contributed by atoms with van der Waals surface area (Å²) < 4.78 is 29.0. The highest BCUT2D eigenvalue weighted by molar-refractivity contribution is 5.94. The molecule has 0 spiro atoms. The van der Waals surface area contributed by atoms with Crippen LogP contribution in [0.25, 0.3) is 0 Å². The molecule has 1 saturated heterocycles. The summed E-state index contributed by atoms with van der Waals surface area (Å²) in [5, 5.41) is 8.63. The van der Waals surface area contributed by atoms with Crippen molar-refractivity contribution in [2.24, 2.45) is 0 Å². The largest absolute Gasteiger partial charge is 0.331 e. The van der Waals surface area contributed by atoms with Crippen LogP contribution in [0.15, 0.2) is 18.2 Å². The van der Waals surface area contributed by atoms with Crippen molar-refractivity contribution in [1.82, 2.24) is 24.6 Å². The Morgan fingerprint density at radius 1 is 0.926 bits per heavy atom. The van der Waals surface area contributed by atoms with E-state index < -0.39 is 11.6 Å². The molecule has 2 aliphatic heterocycles. The van der Waals surface area contributed by atoms with Gasteiger partial charge in [-0.05, 0) is 44.5 Å². The summed E-state index contributed by atoms with van der Waals surface area (Å²) >= 11 is 0. The third-order valence-electron chi connectivity index (χ3n) is 5.26. The van der Waals surface area contributed by atoms with Gasteiger partial charge in [0.05, 0.1) is 13.1 Å². The molecule has 1 amide bonds. The van der Waals surface area contributed by atoms with E-state index in [2.05, 4.69) is 19.7 Å². The van der Waals surface area contributed by atoms with Gasteiger partial charge in [-0.1, -0.05) is 6.42 Å². The standard InChI is InChI=1S/C19H23F2N5O/c20-15-9-14(10-16(21)11-15)19(27)25-7-4-8-26-17(22-23-18(26)13-25)12-24-5-2-1-3-6-24/h9-11H,1-8,12-13H2. The van der Waals surface area contributed by atoms with E-state index in [0.29, 0.717) is 13.1 Å². The van der Waals surface area contributed by atoms with E-state index in [-0.39, 0.29) is 11.5 Å². The quantitative estimate of drug-likeness (QED) is 0.828. The molecule has 0 aliphatic carbocycles. The zero-order valence-corrected chi connectivity index (χ0v) is 15.2. The van der Waals surface area contributed by atoms with Gasteiger partial charge < -0.3 is 9.47 Å². The molecule has 0 unspecified atom stereocenters. The maximum Gasteiger partial charge on any atom is 0.254 e. The van der Waals surface area contributed by atoms with Crippen LogP contribution in [0, 0.1) is 11.6 Å². The number of piperidine rings is 1.